The highest BCUT2D eigenvalue weighted by molar-refractivity contribution is 9.11. The second-order valence-corrected chi connectivity index (χ2v) is 7.61. The van der Waals surface area contributed by atoms with Gasteiger partial charge in [0, 0.05) is 10.2 Å². The molecule has 3 rings (SSSR count). The fraction of sp³-hybridized carbons (Fsp3) is 0.150. The van der Waals surface area contributed by atoms with E-state index in [0.29, 0.717) is 5.75 Å². The summed E-state index contributed by atoms with van der Waals surface area (Å²) < 4.78 is 7.57. The first-order valence-electron chi connectivity index (χ1n) is 7.82. The lowest BCUT2D eigenvalue weighted by Crippen LogP contribution is -2.20. The van der Waals surface area contributed by atoms with E-state index < -0.39 is 0 Å². The van der Waals surface area contributed by atoms with Crippen molar-refractivity contribution in [2.75, 3.05) is 11.9 Å². The second kappa shape index (κ2) is 7.58. The monoisotopic (exact) mass is 461 g/mol. The number of hydrogen-bond acceptors (Lipinski definition) is 2. The lowest BCUT2D eigenvalue weighted by atomic mass is 10.1. The molecule has 1 N–H and O–H groups in total. The topological polar surface area (TPSA) is 38.3 Å². The Balaban J connectivity index is 1.70. The minimum Gasteiger partial charge on any atom is -0.483 e. The summed E-state index contributed by atoms with van der Waals surface area (Å²) in [5.41, 5.74) is 3.01. The number of hydrogen-bond donors (Lipinski definition) is 1. The van der Waals surface area contributed by atoms with Crippen LogP contribution in [0.15, 0.2) is 57.5 Å². The number of fused-ring (bicyclic) bond motifs is 1. The van der Waals surface area contributed by atoms with Gasteiger partial charge < -0.3 is 10.1 Å². The number of rotatable bonds is 4. The van der Waals surface area contributed by atoms with Gasteiger partial charge in [-0.2, -0.15) is 0 Å². The molecule has 3 aromatic rings. The first-order chi connectivity index (χ1) is 11.9. The summed E-state index contributed by atoms with van der Waals surface area (Å²) >= 11 is 7.04. The molecule has 0 aromatic heterocycles. The van der Waals surface area contributed by atoms with Crippen molar-refractivity contribution in [1.82, 2.24) is 0 Å². The van der Waals surface area contributed by atoms with Gasteiger partial charge in [-0.25, -0.2) is 0 Å². The maximum atomic E-state index is 12.2. The second-order valence-electron chi connectivity index (χ2n) is 5.90. The third-order valence-corrected chi connectivity index (χ3v) is 5.21. The van der Waals surface area contributed by atoms with Gasteiger partial charge in [-0.15, -0.1) is 0 Å². The predicted molar refractivity (Wildman–Crippen MR) is 109 cm³/mol. The molecule has 0 saturated carbocycles. The van der Waals surface area contributed by atoms with Gasteiger partial charge in [0.1, 0.15) is 5.75 Å². The molecule has 0 fully saturated rings. The summed E-state index contributed by atoms with van der Waals surface area (Å²) in [6.07, 6.45) is 0. The molecule has 0 spiro atoms. The van der Waals surface area contributed by atoms with Crippen molar-refractivity contribution in [2.45, 2.75) is 13.8 Å². The molecule has 0 radical (unpaired) electrons. The third kappa shape index (κ3) is 4.22. The summed E-state index contributed by atoms with van der Waals surface area (Å²) in [5, 5.41) is 5.01. The van der Waals surface area contributed by atoms with Crippen molar-refractivity contribution >= 4 is 54.2 Å². The standard InChI is InChI=1S/C20H17Br2NO2/c1-12-3-7-17(13(2)9-12)23-19(24)11-25-18-8-4-14-10-15(21)5-6-16(14)20(18)22/h3-10H,11H2,1-2H3,(H,23,24). The van der Waals surface area contributed by atoms with Crippen molar-refractivity contribution in [3.8, 4) is 5.75 Å². The van der Waals surface area contributed by atoms with Crippen LogP contribution in [0.5, 0.6) is 5.75 Å². The first-order valence-corrected chi connectivity index (χ1v) is 9.40. The van der Waals surface area contributed by atoms with Crippen LogP contribution in [0.4, 0.5) is 5.69 Å². The number of amides is 1. The molecule has 128 valence electrons. The van der Waals surface area contributed by atoms with Crippen LogP contribution in [0, 0.1) is 13.8 Å². The van der Waals surface area contributed by atoms with Crippen LogP contribution in [0.1, 0.15) is 11.1 Å². The van der Waals surface area contributed by atoms with Gasteiger partial charge >= 0.3 is 0 Å². The van der Waals surface area contributed by atoms with Gasteiger partial charge in [-0.3, -0.25) is 4.79 Å². The molecule has 0 bridgehead atoms. The van der Waals surface area contributed by atoms with Crippen molar-refractivity contribution in [3.63, 3.8) is 0 Å². The molecule has 3 aromatic carbocycles. The van der Waals surface area contributed by atoms with Crippen molar-refractivity contribution in [1.29, 1.82) is 0 Å². The number of ether oxygens (including phenoxy) is 1. The predicted octanol–water partition coefficient (Wildman–Crippen LogP) is 6.00. The highest BCUT2D eigenvalue weighted by Crippen LogP contribution is 2.34. The van der Waals surface area contributed by atoms with Crippen LogP contribution in [-0.4, -0.2) is 12.5 Å². The number of carbonyl (C=O) groups is 1. The van der Waals surface area contributed by atoms with E-state index in [1.165, 1.54) is 5.56 Å². The van der Waals surface area contributed by atoms with Gasteiger partial charge in [-0.05, 0) is 70.4 Å². The van der Waals surface area contributed by atoms with Crippen molar-refractivity contribution in [2.24, 2.45) is 0 Å². The molecule has 0 aliphatic rings. The van der Waals surface area contributed by atoms with Gasteiger partial charge in [0.15, 0.2) is 6.61 Å². The highest BCUT2D eigenvalue weighted by atomic mass is 79.9. The molecule has 0 unspecified atom stereocenters. The Bertz CT molecular complexity index is 954. The molecular weight excluding hydrogens is 446 g/mol. The largest absolute Gasteiger partial charge is 0.483 e. The minimum atomic E-state index is -0.185. The van der Waals surface area contributed by atoms with Crippen LogP contribution in [0.2, 0.25) is 0 Å². The van der Waals surface area contributed by atoms with Crippen LogP contribution in [-0.2, 0) is 4.79 Å². The Morgan fingerprint density at radius 3 is 2.60 bits per heavy atom. The van der Waals surface area contributed by atoms with E-state index in [2.05, 4.69) is 37.2 Å². The Morgan fingerprint density at radius 2 is 1.84 bits per heavy atom. The normalized spacial score (nSPS) is 10.7. The summed E-state index contributed by atoms with van der Waals surface area (Å²) in [4.78, 5) is 12.2. The molecular formula is C20H17Br2NO2. The fourth-order valence-corrected chi connectivity index (χ4v) is 3.62. The molecule has 0 heterocycles. The summed E-state index contributed by atoms with van der Waals surface area (Å²) in [6.45, 7) is 3.95. The van der Waals surface area contributed by atoms with Crippen molar-refractivity contribution < 1.29 is 9.53 Å². The fourth-order valence-electron chi connectivity index (χ4n) is 2.64. The number of nitrogens with one attached hydrogen (secondary N) is 1. The minimum absolute atomic E-state index is 0.0477. The molecule has 0 aliphatic heterocycles. The number of halogens is 2. The quantitative estimate of drug-likeness (QED) is 0.516. The number of benzene rings is 3. The van der Waals surface area contributed by atoms with Gasteiger partial charge in [0.05, 0.1) is 4.47 Å². The number of carbonyl (C=O) groups excluding carboxylic acids is 1. The Hall–Kier alpha value is -1.85. The van der Waals surface area contributed by atoms with E-state index in [4.69, 9.17) is 4.74 Å². The van der Waals surface area contributed by atoms with E-state index in [1.54, 1.807) is 0 Å². The average Bonchev–Trinajstić information content (AvgIpc) is 2.57. The molecule has 0 saturated heterocycles. The first kappa shape index (κ1) is 18.0. The zero-order valence-electron chi connectivity index (χ0n) is 13.9. The number of aryl methyl sites for hydroxylation is 2. The lowest BCUT2D eigenvalue weighted by Gasteiger charge is -2.12. The van der Waals surface area contributed by atoms with Crippen LogP contribution < -0.4 is 10.1 Å². The van der Waals surface area contributed by atoms with Gasteiger partial charge in [0.2, 0.25) is 0 Å². The van der Waals surface area contributed by atoms with Crippen LogP contribution >= 0.6 is 31.9 Å². The zero-order chi connectivity index (χ0) is 18.0. The maximum absolute atomic E-state index is 12.2. The van der Waals surface area contributed by atoms with Gasteiger partial charge in [0.25, 0.3) is 5.91 Å². The third-order valence-electron chi connectivity index (χ3n) is 3.90. The summed E-state index contributed by atoms with van der Waals surface area (Å²) in [5.74, 6) is 0.459. The Morgan fingerprint density at radius 1 is 1.04 bits per heavy atom. The summed E-state index contributed by atoms with van der Waals surface area (Å²) in [7, 11) is 0. The SMILES string of the molecule is Cc1ccc(NC(=O)COc2ccc3cc(Br)ccc3c2Br)c(C)c1. The van der Waals surface area contributed by atoms with E-state index in [-0.39, 0.29) is 12.5 Å². The van der Waals surface area contributed by atoms with Crippen molar-refractivity contribution in [3.05, 3.63) is 68.6 Å². The summed E-state index contributed by atoms with van der Waals surface area (Å²) in [6, 6.07) is 15.8. The smallest absolute Gasteiger partial charge is 0.262 e. The zero-order valence-corrected chi connectivity index (χ0v) is 17.1. The van der Waals surface area contributed by atoms with E-state index in [0.717, 1.165) is 31.0 Å². The highest BCUT2D eigenvalue weighted by Gasteiger charge is 2.10. The number of anilines is 1. The molecule has 0 atom stereocenters. The molecule has 25 heavy (non-hydrogen) atoms. The van der Waals surface area contributed by atoms with E-state index in [9.17, 15) is 4.79 Å². The molecule has 1 amide bonds. The van der Waals surface area contributed by atoms with Gasteiger partial charge in [-0.1, -0.05) is 45.8 Å². The van der Waals surface area contributed by atoms with Crippen LogP contribution in [0.25, 0.3) is 10.8 Å². The van der Waals surface area contributed by atoms with E-state index >= 15 is 0 Å². The Labute approximate surface area is 163 Å². The van der Waals surface area contributed by atoms with Crippen LogP contribution in [0.3, 0.4) is 0 Å². The Kier molecular flexibility index (Phi) is 5.45. The molecule has 5 heteroatoms. The lowest BCUT2D eigenvalue weighted by molar-refractivity contribution is -0.118. The van der Waals surface area contributed by atoms with E-state index in [1.807, 2.05) is 62.4 Å². The molecule has 3 nitrogen and oxygen atoms in total. The molecule has 0 aliphatic carbocycles. The maximum Gasteiger partial charge on any atom is 0.262 e. The average molecular weight is 463 g/mol.